The van der Waals surface area contributed by atoms with Gasteiger partial charge in [0.2, 0.25) is 0 Å². The van der Waals surface area contributed by atoms with Crippen molar-refractivity contribution in [3.05, 3.63) is 59.2 Å². The van der Waals surface area contributed by atoms with Crippen molar-refractivity contribution >= 4 is 5.69 Å². The third kappa shape index (κ3) is 4.25. The summed E-state index contributed by atoms with van der Waals surface area (Å²) in [5, 5.41) is 3.54. The van der Waals surface area contributed by atoms with Crippen LogP contribution < -0.4 is 10.1 Å². The number of hydrogen-bond acceptors (Lipinski definition) is 2. The molecule has 1 atom stereocenters. The van der Waals surface area contributed by atoms with E-state index in [9.17, 15) is 0 Å². The Morgan fingerprint density at radius 2 is 1.86 bits per heavy atom. The van der Waals surface area contributed by atoms with E-state index in [4.69, 9.17) is 4.74 Å². The number of benzene rings is 2. The quantitative estimate of drug-likeness (QED) is 0.826. The summed E-state index contributed by atoms with van der Waals surface area (Å²) >= 11 is 0. The Hall–Kier alpha value is -1.96. The Kier molecular flexibility index (Phi) is 5.26. The van der Waals surface area contributed by atoms with E-state index in [1.54, 1.807) is 0 Å². The van der Waals surface area contributed by atoms with Crippen LogP contribution in [0.25, 0.3) is 0 Å². The number of rotatable bonds is 6. The lowest BCUT2D eigenvalue weighted by Crippen LogP contribution is -2.23. The molecule has 0 aromatic heterocycles. The van der Waals surface area contributed by atoms with Crippen molar-refractivity contribution in [3.8, 4) is 5.75 Å². The predicted octanol–water partition coefficient (Wildman–Crippen LogP) is 4.75. The lowest BCUT2D eigenvalue weighted by molar-refractivity contribution is 0.234. The molecule has 2 rings (SSSR count). The van der Waals surface area contributed by atoms with Gasteiger partial charge in [-0.1, -0.05) is 37.3 Å². The maximum atomic E-state index is 5.97. The van der Waals surface area contributed by atoms with Crippen molar-refractivity contribution in [1.29, 1.82) is 0 Å². The number of hydrogen-bond donors (Lipinski definition) is 1. The lowest BCUT2D eigenvalue weighted by atomic mass is 10.1. The molecule has 0 spiro atoms. The highest BCUT2D eigenvalue weighted by molar-refractivity contribution is 5.57. The maximum absolute atomic E-state index is 5.97. The molecule has 0 aliphatic carbocycles. The van der Waals surface area contributed by atoms with Crippen molar-refractivity contribution in [2.45, 2.75) is 40.2 Å². The van der Waals surface area contributed by atoms with Crippen LogP contribution in [-0.4, -0.2) is 12.6 Å². The smallest absolute Gasteiger partial charge is 0.120 e. The third-order valence-corrected chi connectivity index (χ3v) is 3.63. The minimum Gasteiger partial charge on any atom is -0.489 e. The summed E-state index contributed by atoms with van der Waals surface area (Å²) in [4.78, 5) is 0. The van der Waals surface area contributed by atoms with Gasteiger partial charge in [-0.15, -0.1) is 0 Å². The van der Waals surface area contributed by atoms with E-state index >= 15 is 0 Å². The molecule has 2 nitrogen and oxygen atoms in total. The third-order valence-electron chi connectivity index (χ3n) is 3.63. The largest absolute Gasteiger partial charge is 0.489 e. The van der Waals surface area contributed by atoms with Crippen molar-refractivity contribution in [2.24, 2.45) is 0 Å². The molecule has 0 saturated carbocycles. The van der Waals surface area contributed by atoms with E-state index in [0.29, 0.717) is 0 Å². The van der Waals surface area contributed by atoms with E-state index in [2.05, 4.69) is 63.3 Å². The molecule has 0 unspecified atom stereocenters. The Bertz CT molecular complexity index is 592. The molecule has 21 heavy (non-hydrogen) atoms. The summed E-state index contributed by atoms with van der Waals surface area (Å²) < 4.78 is 5.97. The van der Waals surface area contributed by atoms with Gasteiger partial charge in [0.25, 0.3) is 0 Å². The molecule has 2 aromatic carbocycles. The van der Waals surface area contributed by atoms with E-state index in [1.165, 1.54) is 22.4 Å². The van der Waals surface area contributed by atoms with Gasteiger partial charge in [0, 0.05) is 5.69 Å². The van der Waals surface area contributed by atoms with Gasteiger partial charge in [0.1, 0.15) is 11.9 Å². The van der Waals surface area contributed by atoms with Gasteiger partial charge >= 0.3 is 0 Å². The Balaban J connectivity index is 1.97. The van der Waals surface area contributed by atoms with Crippen LogP contribution in [0, 0.1) is 13.8 Å². The zero-order valence-electron chi connectivity index (χ0n) is 13.4. The molecule has 0 radical (unpaired) electrons. The van der Waals surface area contributed by atoms with Crippen LogP contribution in [0.4, 0.5) is 5.69 Å². The number of aryl methyl sites for hydroxylation is 3. The number of para-hydroxylation sites is 1. The Labute approximate surface area is 128 Å². The maximum Gasteiger partial charge on any atom is 0.120 e. The molecule has 112 valence electrons. The normalized spacial score (nSPS) is 12.0. The van der Waals surface area contributed by atoms with Crippen molar-refractivity contribution in [2.75, 3.05) is 11.9 Å². The second kappa shape index (κ2) is 7.16. The van der Waals surface area contributed by atoms with Gasteiger partial charge in [0.15, 0.2) is 0 Å². The summed E-state index contributed by atoms with van der Waals surface area (Å²) in [6.07, 6.45) is 1.16. The first kappa shape index (κ1) is 15.4. The lowest BCUT2D eigenvalue weighted by Gasteiger charge is -2.19. The summed E-state index contributed by atoms with van der Waals surface area (Å²) in [6.45, 7) is 9.31. The van der Waals surface area contributed by atoms with Gasteiger partial charge in [-0.25, -0.2) is 0 Å². The van der Waals surface area contributed by atoms with Crippen LogP contribution in [-0.2, 0) is 6.42 Å². The van der Waals surface area contributed by atoms with Gasteiger partial charge in [0.05, 0.1) is 6.54 Å². The average Bonchev–Trinajstić information content (AvgIpc) is 2.45. The molecule has 0 aliphatic rings. The SMILES string of the molecule is CCc1cccc(C)c1NC[C@@H](C)Oc1cccc(C)c1. The fourth-order valence-electron chi connectivity index (χ4n) is 2.48. The molecule has 2 aromatic rings. The highest BCUT2D eigenvalue weighted by Crippen LogP contribution is 2.21. The number of anilines is 1. The van der Waals surface area contributed by atoms with Crippen LogP contribution in [0.3, 0.4) is 0 Å². The van der Waals surface area contributed by atoms with Crippen molar-refractivity contribution in [1.82, 2.24) is 0 Å². The van der Waals surface area contributed by atoms with Crippen LogP contribution in [0.5, 0.6) is 5.75 Å². The molecule has 0 saturated heterocycles. The molecule has 0 heterocycles. The first-order valence-electron chi connectivity index (χ1n) is 7.66. The van der Waals surface area contributed by atoms with Gasteiger partial charge in [-0.3, -0.25) is 0 Å². The Morgan fingerprint density at radius 1 is 1.10 bits per heavy atom. The van der Waals surface area contributed by atoms with Crippen LogP contribution in [0.1, 0.15) is 30.5 Å². The van der Waals surface area contributed by atoms with Gasteiger partial charge < -0.3 is 10.1 Å². The van der Waals surface area contributed by atoms with Gasteiger partial charge in [-0.2, -0.15) is 0 Å². The zero-order chi connectivity index (χ0) is 15.2. The summed E-state index contributed by atoms with van der Waals surface area (Å²) in [7, 11) is 0. The first-order valence-corrected chi connectivity index (χ1v) is 7.66. The standard InChI is InChI=1S/C19H25NO/c1-5-17-10-7-9-15(3)19(17)20-13-16(4)21-18-11-6-8-14(2)12-18/h6-12,16,20H,5,13H2,1-4H3/t16-/m1/s1. The molecular formula is C19H25NO. The molecular weight excluding hydrogens is 258 g/mol. The highest BCUT2D eigenvalue weighted by Gasteiger charge is 2.08. The molecule has 0 bridgehead atoms. The van der Waals surface area contributed by atoms with E-state index in [0.717, 1.165) is 18.7 Å². The minimum absolute atomic E-state index is 0.121. The van der Waals surface area contributed by atoms with E-state index in [-0.39, 0.29) is 6.10 Å². The number of nitrogens with one attached hydrogen (secondary N) is 1. The molecule has 0 amide bonds. The van der Waals surface area contributed by atoms with Crippen LogP contribution >= 0.6 is 0 Å². The molecule has 0 fully saturated rings. The molecule has 0 aliphatic heterocycles. The summed E-state index contributed by atoms with van der Waals surface area (Å²) in [6, 6.07) is 14.6. The summed E-state index contributed by atoms with van der Waals surface area (Å²) in [5.74, 6) is 0.935. The van der Waals surface area contributed by atoms with Gasteiger partial charge in [-0.05, 0) is 56.0 Å². The van der Waals surface area contributed by atoms with Crippen LogP contribution in [0.15, 0.2) is 42.5 Å². The topological polar surface area (TPSA) is 21.3 Å². The van der Waals surface area contributed by atoms with Crippen molar-refractivity contribution in [3.63, 3.8) is 0 Å². The van der Waals surface area contributed by atoms with E-state index < -0.39 is 0 Å². The number of ether oxygens (including phenoxy) is 1. The predicted molar refractivity (Wildman–Crippen MR) is 90.3 cm³/mol. The second-order valence-corrected chi connectivity index (χ2v) is 5.59. The minimum atomic E-state index is 0.121. The highest BCUT2D eigenvalue weighted by atomic mass is 16.5. The average molecular weight is 283 g/mol. The van der Waals surface area contributed by atoms with E-state index in [1.807, 2.05) is 12.1 Å². The second-order valence-electron chi connectivity index (χ2n) is 5.59. The Morgan fingerprint density at radius 3 is 2.57 bits per heavy atom. The fourth-order valence-corrected chi connectivity index (χ4v) is 2.48. The first-order chi connectivity index (χ1) is 10.1. The van der Waals surface area contributed by atoms with Crippen molar-refractivity contribution < 1.29 is 4.74 Å². The fraction of sp³-hybridized carbons (Fsp3) is 0.368. The zero-order valence-corrected chi connectivity index (χ0v) is 13.4. The van der Waals surface area contributed by atoms with Crippen LogP contribution in [0.2, 0.25) is 0 Å². The molecule has 1 N–H and O–H groups in total. The summed E-state index contributed by atoms with van der Waals surface area (Å²) in [5.41, 5.74) is 5.12. The molecule has 2 heteroatoms. The monoisotopic (exact) mass is 283 g/mol.